The van der Waals surface area contributed by atoms with Crippen molar-refractivity contribution in [1.29, 1.82) is 0 Å². The number of hydrogen-bond acceptors (Lipinski definition) is 4. The van der Waals surface area contributed by atoms with Crippen LogP contribution in [0.3, 0.4) is 0 Å². The molecule has 0 aliphatic rings. The van der Waals surface area contributed by atoms with Crippen LogP contribution in [0.25, 0.3) is 0 Å². The summed E-state index contributed by atoms with van der Waals surface area (Å²) in [4.78, 5) is 3.53. The average molecular weight is 339 g/mol. The van der Waals surface area contributed by atoms with Crippen LogP contribution >= 0.6 is 0 Å². The molecule has 3 radical (unpaired) electrons. The van der Waals surface area contributed by atoms with Crippen molar-refractivity contribution in [3.05, 3.63) is 29.8 Å². The van der Waals surface area contributed by atoms with Gasteiger partial charge >= 0.3 is 0 Å². The van der Waals surface area contributed by atoms with Crippen LogP contribution in [0.2, 0.25) is 0 Å². The van der Waals surface area contributed by atoms with E-state index in [9.17, 15) is 10.2 Å². The molecule has 6 nitrogen and oxygen atoms in total. The van der Waals surface area contributed by atoms with Gasteiger partial charge < -0.3 is 26.3 Å². The third-order valence-corrected chi connectivity index (χ3v) is 1.44. The fourth-order valence-corrected chi connectivity index (χ4v) is 0.872. The Kier molecular flexibility index (Phi) is 13.8. The molecule has 0 saturated heterocycles. The van der Waals surface area contributed by atoms with Gasteiger partial charge in [-0.25, -0.2) is 0 Å². The molecule has 5 N–H and O–H groups in total. The molecule has 0 saturated carbocycles. The number of aliphatic imine (C=N–C) groups is 1. The van der Waals surface area contributed by atoms with E-state index < -0.39 is 5.90 Å². The maximum Gasteiger partial charge on any atom is 0.0626 e. The predicted molar refractivity (Wildman–Crippen MR) is 59.5 cm³/mol. The van der Waals surface area contributed by atoms with E-state index in [1.807, 2.05) is 0 Å². The van der Waals surface area contributed by atoms with Crippen LogP contribution in [-0.2, 0) is 0 Å². The second kappa shape index (κ2) is 10.7. The van der Waals surface area contributed by atoms with Gasteiger partial charge in [-0.05, 0) is 11.5 Å². The Morgan fingerprint density at radius 2 is 2.00 bits per heavy atom. The third kappa shape index (κ3) is 6.63. The van der Waals surface area contributed by atoms with Crippen LogP contribution < -0.4 is 10.2 Å². The summed E-state index contributed by atoms with van der Waals surface area (Å²) in [6, 6.07) is 5.61. The molecule has 0 fully saturated rings. The predicted octanol–water partition coefficient (Wildman–Crippen LogP) is -2.92. The minimum absolute atomic E-state index is 0. The Hall–Kier alpha value is -0.812. The average Bonchev–Trinajstić information content (AvgIpc) is 2.14. The van der Waals surface area contributed by atoms with Crippen LogP contribution in [0.5, 0.6) is 5.75 Å². The summed E-state index contributed by atoms with van der Waals surface area (Å²) in [5.74, 6) is -0.684. The largest absolute Gasteiger partial charge is 0.872 e. The maximum atomic E-state index is 11.1. The van der Waals surface area contributed by atoms with Crippen LogP contribution in [0.1, 0.15) is 6.99 Å². The molecule has 7 heteroatoms. The number of nitrogens with zero attached hydrogens (tertiary/aromatic N) is 1. The number of aliphatic hydroxyl groups is 1. The van der Waals surface area contributed by atoms with Gasteiger partial charge in [0.15, 0.2) is 0 Å². The Morgan fingerprint density at radius 3 is 2.50 bits per heavy atom. The van der Waals surface area contributed by atoms with Crippen molar-refractivity contribution in [3.8, 4) is 5.75 Å². The van der Waals surface area contributed by atoms with Crippen molar-refractivity contribution in [2.45, 2.75) is 0 Å². The Bertz CT molecular complexity index is 324. The summed E-state index contributed by atoms with van der Waals surface area (Å²) in [6.07, 6.45) is 0. The normalized spacial score (nSPS) is 9.44. The molecule has 0 aromatic heterocycles. The molecule has 0 bridgehead atoms. The molecule has 93 valence electrons. The van der Waals surface area contributed by atoms with Gasteiger partial charge in [0.2, 0.25) is 0 Å². The zero-order valence-corrected chi connectivity index (χ0v) is 10.9. The molecule has 0 atom stereocenters. The van der Waals surface area contributed by atoms with Crippen LogP contribution in [-0.4, -0.2) is 59.5 Å². The monoisotopic (exact) mass is 338 g/mol. The SMILES string of the molecule is O.O.[HH].[O-]C(=NCCO)c1cccc([O-])c1.[Sb]. The van der Waals surface area contributed by atoms with Crippen molar-refractivity contribution in [3.63, 3.8) is 0 Å². The molecule has 0 aliphatic heterocycles. The first-order valence-electron chi connectivity index (χ1n) is 3.84. The van der Waals surface area contributed by atoms with E-state index in [1.165, 1.54) is 24.3 Å². The molecular formula is C9H15NO5Sb-2. The van der Waals surface area contributed by atoms with Crippen molar-refractivity contribution < 1.29 is 27.7 Å². The molecule has 0 amide bonds. The zero-order chi connectivity index (χ0) is 9.68. The topological polar surface area (TPSA) is 142 Å². The van der Waals surface area contributed by atoms with E-state index in [-0.39, 0.29) is 61.3 Å². The number of rotatable bonds is 3. The van der Waals surface area contributed by atoms with Gasteiger partial charge in [-0.3, -0.25) is 4.99 Å². The zero-order valence-electron chi connectivity index (χ0n) is 8.38. The van der Waals surface area contributed by atoms with Crippen molar-refractivity contribution in [2.75, 3.05) is 13.2 Å². The Morgan fingerprint density at radius 1 is 1.38 bits per heavy atom. The smallest absolute Gasteiger partial charge is 0.0626 e. The third-order valence-electron chi connectivity index (χ3n) is 1.44. The van der Waals surface area contributed by atoms with Crippen LogP contribution in [0.4, 0.5) is 0 Å². The first kappa shape index (κ1) is 20.6. The minimum atomic E-state index is -0.466. The van der Waals surface area contributed by atoms with Gasteiger partial charge in [0.25, 0.3) is 0 Å². The van der Waals surface area contributed by atoms with Gasteiger partial charge in [0.1, 0.15) is 0 Å². The standard InChI is InChI=1S/C9H11NO3.2H2O.Sb.H2/c11-5-4-10-9(13)7-2-1-3-8(12)6-7;;;;/h1-3,6,11-12H,4-5H2,(H,10,13);2*1H2;;1H/p-2. The van der Waals surface area contributed by atoms with Crippen molar-refractivity contribution in [2.24, 2.45) is 4.99 Å². The van der Waals surface area contributed by atoms with E-state index in [0.717, 1.165) is 0 Å². The van der Waals surface area contributed by atoms with Gasteiger partial charge in [0, 0.05) is 25.9 Å². The van der Waals surface area contributed by atoms with Gasteiger partial charge in [0.05, 0.1) is 13.2 Å². The van der Waals surface area contributed by atoms with Crippen molar-refractivity contribution in [1.82, 2.24) is 0 Å². The fourth-order valence-electron chi connectivity index (χ4n) is 0.872. The number of aliphatic hydroxyl groups excluding tert-OH is 1. The van der Waals surface area contributed by atoms with E-state index >= 15 is 0 Å². The molecule has 1 rings (SSSR count). The maximum absolute atomic E-state index is 11.1. The van der Waals surface area contributed by atoms with E-state index in [0.29, 0.717) is 0 Å². The quantitative estimate of drug-likeness (QED) is 0.358. The Labute approximate surface area is 112 Å². The first-order valence-corrected chi connectivity index (χ1v) is 3.84. The number of benzene rings is 1. The second-order valence-electron chi connectivity index (χ2n) is 2.44. The first-order chi connectivity index (χ1) is 6.24. The molecular weight excluding hydrogens is 324 g/mol. The summed E-state index contributed by atoms with van der Waals surface area (Å²) in [5, 5.41) is 30.4. The summed E-state index contributed by atoms with van der Waals surface area (Å²) >= 11 is 0. The molecule has 1 aromatic carbocycles. The molecule has 0 aliphatic carbocycles. The van der Waals surface area contributed by atoms with Gasteiger partial charge in [-0.15, -0.1) is 5.75 Å². The minimum Gasteiger partial charge on any atom is -0.872 e. The molecule has 1 aromatic rings. The molecule has 0 heterocycles. The van der Waals surface area contributed by atoms with Gasteiger partial charge in [-0.1, -0.05) is 24.3 Å². The molecule has 0 spiro atoms. The number of hydrogen-bond donors (Lipinski definition) is 1. The molecule has 16 heavy (non-hydrogen) atoms. The van der Waals surface area contributed by atoms with E-state index in [2.05, 4.69) is 4.99 Å². The van der Waals surface area contributed by atoms with Crippen LogP contribution in [0, 0.1) is 0 Å². The summed E-state index contributed by atoms with van der Waals surface area (Å²) in [6.45, 7) is -0.0925. The Balaban J connectivity index is -0.000000211. The fraction of sp³-hybridized carbons (Fsp3) is 0.222. The molecule has 0 unspecified atom stereocenters. The summed E-state index contributed by atoms with van der Waals surface area (Å²) < 4.78 is 0. The summed E-state index contributed by atoms with van der Waals surface area (Å²) in [5.41, 5.74) is 0.265. The summed E-state index contributed by atoms with van der Waals surface area (Å²) in [7, 11) is 0. The van der Waals surface area contributed by atoms with Crippen LogP contribution in [0.15, 0.2) is 29.3 Å². The van der Waals surface area contributed by atoms with E-state index in [4.69, 9.17) is 5.11 Å². The van der Waals surface area contributed by atoms with Crippen molar-refractivity contribution >= 4 is 30.3 Å². The van der Waals surface area contributed by atoms with Gasteiger partial charge in [-0.2, -0.15) is 0 Å². The second-order valence-corrected chi connectivity index (χ2v) is 2.44. The van der Waals surface area contributed by atoms with E-state index in [1.54, 1.807) is 0 Å².